The van der Waals surface area contributed by atoms with Gasteiger partial charge in [-0.15, -0.1) is 0 Å². The number of rotatable bonds is 2. The van der Waals surface area contributed by atoms with Crippen LogP contribution in [0.25, 0.3) is 17.5 Å². The Hall–Kier alpha value is -2.14. The second-order valence-corrected chi connectivity index (χ2v) is 4.00. The molecule has 3 rings (SSSR count). The summed E-state index contributed by atoms with van der Waals surface area (Å²) in [6, 6.07) is 3.85. The van der Waals surface area contributed by atoms with E-state index in [1.54, 1.807) is 6.20 Å². The van der Waals surface area contributed by atoms with Gasteiger partial charge in [-0.25, -0.2) is 15.8 Å². The van der Waals surface area contributed by atoms with E-state index in [1.165, 1.54) is 0 Å². The minimum absolute atomic E-state index is 0.656. The molecule has 1 aliphatic heterocycles. The predicted molar refractivity (Wildman–Crippen MR) is 78.4 cm³/mol. The topological polar surface area (TPSA) is 68.8 Å². The number of aryl methyl sites for hydroxylation is 1. The van der Waals surface area contributed by atoms with Crippen LogP contribution in [0.1, 0.15) is 25.4 Å². The third-order valence-electron chi connectivity index (χ3n) is 2.90. The molecule has 0 atom stereocenters. The van der Waals surface area contributed by atoms with Crippen molar-refractivity contribution in [2.45, 2.75) is 27.2 Å². The van der Waals surface area contributed by atoms with Crippen LogP contribution >= 0.6 is 0 Å². The minimum atomic E-state index is 0.656. The molecule has 0 radical (unpaired) electrons. The standard InChI is InChI=1S/C12H13N5.C2H6/c1-8-12(17-6-2-3-11(17)15-8)9-4-5-10(16-13)14-7-9;1-2/h2,4-7H,3,13H2,1H3,(H,14,16);1-2H3. The van der Waals surface area contributed by atoms with Crippen molar-refractivity contribution in [3.05, 3.63) is 35.9 Å². The SMILES string of the molecule is CC.Cc1nc2n(c1-c1ccc(NN)nc1)C=CC2. The van der Waals surface area contributed by atoms with Gasteiger partial charge in [0.05, 0.1) is 11.4 Å². The van der Waals surface area contributed by atoms with Gasteiger partial charge in [0.2, 0.25) is 0 Å². The molecule has 5 heteroatoms. The largest absolute Gasteiger partial charge is 0.308 e. The summed E-state index contributed by atoms with van der Waals surface area (Å²) in [5.74, 6) is 7.04. The van der Waals surface area contributed by atoms with Crippen molar-refractivity contribution in [3.63, 3.8) is 0 Å². The molecule has 1 aliphatic rings. The Bertz CT molecular complexity index is 581. The number of nitrogens with one attached hydrogen (secondary N) is 1. The summed E-state index contributed by atoms with van der Waals surface area (Å²) in [7, 11) is 0. The lowest BCUT2D eigenvalue weighted by Gasteiger charge is -2.05. The number of imidazole rings is 1. The number of allylic oxidation sites excluding steroid dienone is 1. The number of pyridine rings is 1. The maximum Gasteiger partial charge on any atom is 0.139 e. The van der Waals surface area contributed by atoms with Crippen LogP contribution in [0.3, 0.4) is 0 Å². The smallest absolute Gasteiger partial charge is 0.139 e. The molecule has 2 aromatic rings. The van der Waals surface area contributed by atoms with E-state index in [0.717, 1.165) is 29.2 Å². The van der Waals surface area contributed by atoms with Gasteiger partial charge < -0.3 is 9.99 Å². The minimum Gasteiger partial charge on any atom is -0.308 e. The van der Waals surface area contributed by atoms with E-state index < -0.39 is 0 Å². The van der Waals surface area contributed by atoms with Gasteiger partial charge in [0.1, 0.15) is 11.6 Å². The lowest BCUT2D eigenvalue weighted by atomic mass is 10.2. The van der Waals surface area contributed by atoms with E-state index in [-0.39, 0.29) is 0 Å². The Kier molecular flexibility index (Phi) is 3.97. The molecule has 0 bridgehead atoms. The highest BCUT2D eigenvalue weighted by Crippen LogP contribution is 2.27. The van der Waals surface area contributed by atoms with Crippen molar-refractivity contribution >= 4 is 12.0 Å². The maximum absolute atomic E-state index is 5.30. The number of aromatic nitrogens is 3. The van der Waals surface area contributed by atoms with Gasteiger partial charge in [0, 0.05) is 24.4 Å². The van der Waals surface area contributed by atoms with Crippen molar-refractivity contribution < 1.29 is 0 Å². The average molecular weight is 257 g/mol. The molecule has 100 valence electrons. The molecule has 0 aliphatic carbocycles. The fourth-order valence-corrected chi connectivity index (χ4v) is 2.14. The molecule has 2 aromatic heterocycles. The normalized spacial score (nSPS) is 11.8. The Balaban J connectivity index is 0.000000637. The van der Waals surface area contributed by atoms with E-state index in [1.807, 2.05) is 32.9 Å². The van der Waals surface area contributed by atoms with E-state index in [0.29, 0.717) is 5.82 Å². The van der Waals surface area contributed by atoms with Gasteiger partial charge in [-0.2, -0.15) is 0 Å². The van der Waals surface area contributed by atoms with Gasteiger partial charge in [0.15, 0.2) is 0 Å². The molecule has 0 amide bonds. The third kappa shape index (κ3) is 2.37. The molecule has 0 spiro atoms. The quantitative estimate of drug-likeness (QED) is 0.641. The summed E-state index contributed by atoms with van der Waals surface area (Å²) in [6.45, 7) is 6.02. The zero-order valence-corrected chi connectivity index (χ0v) is 11.5. The first-order valence-electron chi connectivity index (χ1n) is 6.47. The first-order valence-corrected chi connectivity index (χ1v) is 6.47. The molecule has 0 fully saturated rings. The zero-order valence-electron chi connectivity index (χ0n) is 11.5. The second-order valence-electron chi connectivity index (χ2n) is 4.00. The molecule has 0 saturated heterocycles. The van der Waals surface area contributed by atoms with Crippen LogP contribution in [0.2, 0.25) is 0 Å². The number of hydrazine groups is 1. The Morgan fingerprint density at radius 2 is 2.11 bits per heavy atom. The number of anilines is 1. The molecule has 3 heterocycles. The molecule has 19 heavy (non-hydrogen) atoms. The summed E-state index contributed by atoms with van der Waals surface area (Å²) < 4.78 is 2.11. The second kappa shape index (κ2) is 5.67. The fraction of sp³-hybridized carbons (Fsp3) is 0.286. The van der Waals surface area contributed by atoms with Crippen molar-refractivity contribution in [2.75, 3.05) is 5.43 Å². The van der Waals surface area contributed by atoms with Gasteiger partial charge in [0.25, 0.3) is 0 Å². The van der Waals surface area contributed by atoms with Crippen LogP contribution in [-0.4, -0.2) is 14.5 Å². The monoisotopic (exact) mass is 257 g/mol. The van der Waals surface area contributed by atoms with Crippen molar-refractivity contribution in [1.29, 1.82) is 0 Å². The van der Waals surface area contributed by atoms with E-state index >= 15 is 0 Å². The highest BCUT2D eigenvalue weighted by atomic mass is 15.2. The summed E-state index contributed by atoms with van der Waals surface area (Å²) in [5, 5.41) is 0. The number of nitrogens with zero attached hydrogens (tertiary/aromatic N) is 3. The van der Waals surface area contributed by atoms with Crippen LogP contribution in [0, 0.1) is 6.92 Å². The van der Waals surface area contributed by atoms with Crippen LogP contribution in [0.4, 0.5) is 5.82 Å². The van der Waals surface area contributed by atoms with Gasteiger partial charge in [-0.1, -0.05) is 19.9 Å². The molecule has 5 nitrogen and oxygen atoms in total. The van der Waals surface area contributed by atoms with Crippen LogP contribution in [-0.2, 0) is 6.42 Å². The lowest BCUT2D eigenvalue weighted by Crippen LogP contribution is -2.08. The number of hydrogen-bond donors (Lipinski definition) is 2. The van der Waals surface area contributed by atoms with Gasteiger partial charge in [-0.3, -0.25) is 0 Å². The Labute approximate surface area is 113 Å². The van der Waals surface area contributed by atoms with E-state index in [2.05, 4.69) is 32.2 Å². The molecule has 3 N–H and O–H groups in total. The van der Waals surface area contributed by atoms with E-state index in [9.17, 15) is 0 Å². The van der Waals surface area contributed by atoms with Gasteiger partial charge >= 0.3 is 0 Å². The molecule has 0 aromatic carbocycles. The van der Waals surface area contributed by atoms with E-state index in [4.69, 9.17) is 5.84 Å². The molecular formula is C14H19N5. The Morgan fingerprint density at radius 3 is 2.74 bits per heavy atom. The van der Waals surface area contributed by atoms with Crippen LogP contribution < -0.4 is 11.3 Å². The average Bonchev–Trinajstić information content (AvgIpc) is 3.01. The van der Waals surface area contributed by atoms with Crippen molar-refractivity contribution in [2.24, 2.45) is 5.84 Å². The highest BCUT2D eigenvalue weighted by molar-refractivity contribution is 5.67. The molecular weight excluding hydrogens is 238 g/mol. The number of nitrogens with two attached hydrogens (primary N) is 1. The fourth-order valence-electron chi connectivity index (χ4n) is 2.14. The lowest BCUT2D eigenvalue weighted by molar-refractivity contribution is 1.02. The summed E-state index contributed by atoms with van der Waals surface area (Å²) in [5.41, 5.74) is 5.70. The van der Waals surface area contributed by atoms with Crippen LogP contribution in [0.15, 0.2) is 24.4 Å². The zero-order chi connectivity index (χ0) is 13.8. The summed E-state index contributed by atoms with van der Waals surface area (Å²) >= 11 is 0. The molecule has 0 saturated carbocycles. The summed E-state index contributed by atoms with van der Waals surface area (Å²) in [6.07, 6.45) is 6.86. The maximum atomic E-state index is 5.30. The Morgan fingerprint density at radius 1 is 1.32 bits per heavy atom. The van der Waals surface area contributed by atoms with Crippen LogP contribution in [0.5, 0.6) is 0 Å². The molecule has 0 unspecified atom stereocenters. The van der Waals surface area contributed by atoms with Gasteiger partial charge in [-0.05, 0) is 19.1 Å². The first-order chi connectivity index (χ1) is 9.29. The third-order valence-corrected chi connectivity index (χ3v) is 2.90. The number of nitrogen functional groups attached to an aromatic ring is 1. The number of hydrogen-bond acceptors (Lipinski definition) is 4. The van der Waals surface area contributed by atoms with Crippen molar-refractivity contribution in [3.8, 4) is 11.3 Å². The first kappa shape index (κ1) is 13.3. The van der Waals surface area contributed by atoms with Crippen molar-refractivity contribution in [1.82, 2.24) is 14.5 Å². The highest BCUT2D eigenvalue weighted by Gasteiger charge is 2.16. The predicted octanol–water partition coefficient (Wildman–Crippen LogP) is 2.59. The number of fused-ring (bicyclic) bond motifs is 1. The summed E-state index contributed by atoms with van der Waals surface area (Å²) in [4.78, 5) is 8.76.